The molecule has 1 aromatic heterocycles. The van der Waals surface area contributed by atoms with Gasteiger partial charge >= 0.3 is 5.97 Å². The zero-order chi connectivity index (χ0) is 21.1. The summed E-state index contributed by atoms with van der Waals surface area (Å²) >= 11 is 6.25. The Morgan fingerprint density at radius 3 is 2.40 bits per heavy atom. The molecule has 0 unspecified atom stereocenters. The number of anilines is 3. The summed E-state index contributed by atoms with van der Waals surface area (Å²) in [6.07, 6.45) is 5.79. The molecule has 0 atom stereocenters. The van der Waals surface area contributed by atoms with Crippen molar-refractivity contribution >= 4 is 40.8 Å². The molecule has 2 aliphatic rings. The van der Waals surface area contributed by atoms with Gasteiger partial charge in [-0.2, -0.15) is 0 Å². The first-order valence-electron chi connectivity index (χ1n) is 10.1. The predicted molar refractivity (Wildman–Crippen MR) is 116 cm³/mol. The highest BCUT2D eigenvalue weighted by Crippen LogP contribution is 2.31. The number of carbonyl (C=O) groups is 2. The van der Waals surface area contributed by atoms with Crippen molar-refractivity contribution in [2.45, 2.75) is 25.7 Å². The summed E-state index contributed by atoms with van der Waals surface area (Å²) in [5.41, 5.74) is 1.87. The van der Waals surface area contributed by atoms with E-state index in [0.717, 1.165) is 57.5 Å². The minimum atomic E-state index is -0.463. The van der Waals surface area contributed by atoms with E-state index < -0.39 is 11.9 Å². The van der Waals surface area contributed by atoms with Gasteiger partial charge in [-0.25, -0.2) is 14.8 Å². The second kappa shape index (κ2) is 8.87. The zero-order valence-electron chi connectivity index (χ0n) is 16.9. The van der Waals surface area contributed by atoms with Gasteiger partial charge in [0.15, 0.2) is 5.69 Å². The van der Waals surface area contributed by atoms with Crippen LogP contribution in [-0.4, -0.2) is 55.1 Å². The van der Waals surface area contributed by atoms with Crippen molar-refractivity contribution in [3.05, 3.63) is 40.7 Å². The number of esters is 1. The van der Waals surface area contributed by atoms with Gasteiger partial charge in [-0.05, 0) is 43.9 Å². The first-order chi connectivity index (χ1) is 14.6. The van der Waals surface area contributed by atoms with E-state index in [1.165, 1.54) is 13.3 Å². The molecule has 0 radical (unpaired) electrons. The fourth-order valence-electron chi connectivity index (χ4n) is 3.88. The monoisotopic (exact) mass is 429 g/mol. The molecule has 2 aliphatic heterocycles. The summed E-state index contributed by atoms with van der Waals surface area (Å²) in [5.74, 6) is -0.398. The lowest BCUT2D eigenvalue weighted by Gasteiger charge is -2.22. The molecule has 0 saturated carbocycles. The van der Waals surface area contributed by atoms with Gasteiger partial charge in [-0.1, -0.05) is 11.6 Å². The van der Waals surface area contributed by atoms with Gasteiger partial charge < -0.3 is 19.9 Å². The fourth-order valence-corrected chi connectivity index (χ4v) is 4.06. The number of hydrogen-bond donors (Lipinski definition) is 1. The number of nitrogens with zero attached hydrogens (tertiary/aromatic N) is 4. The highest BCUT2D eigenvalue weighted by molar-refractivity contribution is 6.34. The van der Waals surface area contributed by atoms with Crippen molar-refractivity contribution in [2.24, 2.45) is 0 Å². The van der Waals surface area contributed by atoms with Crippen molar-refractivity contribution in [2.75, 3.05) is 48.4 Å². The van der Waals surface area contributed by atoms with Crippen LogP contribution in [0.15, 0.2) is 24.4 Å². The van der Waals surface area contributed by atoms with Crippen LogP contribution in [0.25, 0.3) is 0 Å². The summed E-state index contributed by atoms with van der Waals surface area (Å²) in [7, 11) is 1.33. The Hall–Kier alpha value is -2.87. The Bertz CT molecular complexity index is 956. The molecule has 2 aromatic rings. The van der Waals surface area contributed by atoms with Crippen LogP contribution in [0.1, 0.15) is 46.5 Å². The molecule has 0 aliphatic carbocycles. The third-order valence-electron chi connectivity index (χ3n) is 5.45. The van der Waals surface area contributed by atoms with Crippen molar-refractivity contribution in [3.63, 3.8) is 0 Å². The Kier molecular flexibility index (Phi) is 6.03. The molecule has 1 amide bonds. The molecule has 3 heterocycles. The van der Waals surface area contributed by atoms with Gasteiger partial charge in [0, 0.05) is 26.2 Å². The second-order valence-electron chi connectivity index (χ2n) is 7.43. The van der Waals surface area contributed by atoms with Gasteiger partial charge in [-0.15, -0.1) is 0 Å². The van der Waals surface area contributed by atoms with E-state index >= 15 is 0 Å². The quantitative estimate of drug-likeness (QED) is 0.729. The standard InChI is InChI=1S/C21H24ClN5O3/c1-30-20(29)14-6-7-17(26-8-2-3-9-26)16(12-14)24-19(28)18-15(22)13-23-21(25-18)27-10-4-5-11-27/h6-7,12-13H,2-5,8-11H2,1H3,(H,24,28). The van der Waals surface area contributed by atoms with Gasteiger partial charge in [0.05, 0.1) is 35.3 Å². The first-order valence-corrected chi connectivity index (χ1v) is 10.5. The third kappa shape index (κ3) is 4.18. The summed E-state index contributed by atoms with van der Waals surface area (Å²) in [5, 5.41) is 3.08. The Balaban J connectivity index is 1.64. The van der Waals surface area contributed by atoms with E-state index in [9.17, 15) is 9.59 Å². The lowest BCUT2D eigenvalue weighted by molar-refractivity contribution is 0.0600. The Morgan fingerprint density at radius 1 is 1.07 bits per heavy atom. The van der Waals surface area contributed by atoms with Crippen molar-refractivity contribution in [3.8, 4) is 0 Å². The third-order valence-corrected chi connectivity index (χ3v) is 5.72. The fraction of sp³-hybridized carbons (Fsp3) is 0.429. The molecular weight excluding hydrogens is 406 g/mol. The van der Waals surface area contributed by atoms with Crippen molar-refractivity contribution in [1.29, 1.82) is 0 Å². The predicted octanol–water partition coefficient (Wildman–Crippen LogP) is 3.37. The van der Waals surface area contributed by atoms with Crippen LogP contribution in [0.2, 0.25) is 5.02 Å². The van der Waals surface area contributed by atoms with Gasteiger partial charge in [0.1, 0.15) is 0 Å². The molecule has 2 saturated heterocycles. The molecule has 0 bridgehead atoms. The van der Waals surface area contributed by atoms with Gasteiger partial charge in [-0.3, -0.25) is 4.79 Å². The van der Waals surface area contributed by atoms with E-state index in [4.69, 9.17) is 16.3 Å². The largest absolute Gasteiger partial charge is 0.465 e. The van der Waals surface area contributed by atoms with Crippen LogP contribution in [0.3, 0.4) is 0 Å². The van der Waals surface area contributed by atoms with Crippen LogP contribution in [0.4, 0.5) is 17.3 Å². The average Bonchev–Trinajstić information content (AvgIpc) is 3.48. The molecule has 0 spiro atoms. The van der Waals surface area contributed by atoms with Crippen LogP contribution in [0, 0.1) is 0 Å². The summed E-state index contributed by atoms with van der Waals surface area (Å²) in [6, 6.07) is 5.18. The van der Waals surface area contributed by atoms with E-state index in [0.29, 0.717) is 17.2 Å². The normalized spacial score (nSPS) is 16.1. The van der Waals surface area contributed by atoms with Crippen LogP contribution in [-0.2, 0) is 4.74 Å². The molecule has 4 rings (SSSR count). The van der Waals surface area contributed by atoms with E-state index in [2.05, 4.69) is 20.2 Å². The maximum Gasteiger partial charge on any atom is 0.337 e. The number of aromatic nitrogens is 2. The molecule has 30 heavy (non-hydrogen) atoms. The van der Waals surface area contributed by atoms with Crippen LogP contribution >= 0.6 is 11.6 Å². The zero-order valence-corrected chi connectivity index (χ0v) is 17.6. The van der Waals surface area contributed by atoms with Crippen LogP contribution in [0.5, 0.6) is 0 Å². The lowest BCUT2D eigenvalue weighted by Crippen LogP contribution is -2.24. The number of hydrogen-bond acceptors (Lipinski definition) is 7. The van der Waals surface area contributed by atoms with Crippen LogP contribution < -0.4 is 15.1 Å². The highest BCUT2D eigenvalue weighted by atomic mass is 35.5. The maximum absolute atomic E-state index is 13.1. The Labute approximate surface area is 180 Å². The number of amides is 1. The minimum Gasteiger partial charge on any atom is -0.465 e. The summed E-state index contributed by atoms with van der Waals surface area (Å²) in [4.78, 5) is 38.0. The second-order valence-corrected chi connectivity index (χ2v) is 7.84. The van der Waals surface area contributed by atoms with Gasteiger partial charge in [0.2, 0.25) is 5.95 Å². The molecule has 2 fully saturated rings. The SMILES string of the molecule is COC(=O)c1ccc(N2CCCC2)c(NC(=O)c2nc(N3CCCC3)ncc2Cl)c1. The van der Waals surface area contributed by atoms with E-state index in [-0.39, 0.29) is 10.7 Å². The summed E-state index contributed by atoms with van der Waals surface area (Å²) < 4.78 is 4.83. The molecule has 1 aromatic carbocycles. The molecule has 9 heteroatoms. The maximum atomic E-state index is 13.1. The van der Waals surface area contributed by atoms with Crippen molar-refractivity contribution in [1.82, 2.24) is 9.97 Å². The number of carbonyl (C=O) groups excluding carboxylic acids is 2. The highest BCUT2D eigenvalue weighted by Gasteiger charge is 2.23. The molecule has 8 nitrogen and oxygen atoms in total. The topological polar surface area (TPSA) is 87.7 Å². The first kappa shape index (κ1) is 20.4. The smallest absolute Gasteiger partial charge is 0.337 e. The van der Waals surface area contributed by atoms with E-state index in [1.807, 2.05) is 11.0 Å². The number of halogens is 1. The van der Waals surface area contributed by atoms with Gasteiger partial charge in [0.25, 0.3) is 5.91 Å². The molecule has 158 valence electrons. The van der Waals surface area contributed by atoms with Crippen molar-refractivity contribution < 1.29 is 14.3 Å². The number of benzene rings is 1. The Morgan fingerprint density at radius 2 is 1.73 bits per heavy atom. The number of nitrogens with one attached hydrogen (secondary N) is 1. The minimum absolute atomic E-state index is 0.115. The molecular formula is C21H24ClN5O3. The summed E-state index contributed by atoms with van der Waals surface area (Å²) in [6.45, 7) is 3.52. The number of methoxy groups -OCH3 is 1. The average molecular weight is 430 g/mol. The number of rotatable bonds is 5. The van der Waals surface area contributed by atoms with E-state index in [1.54, 1.807) is 12.1 Å². The number of ether oxygens (including phenoxy) is 1. The lowest BCUT2D eigenvalue weighted by atomic mass is 10.1. The molecule has 1 N–H and O–H groups in total.